The predicted molar refractivity (Wildman–Crippen MR) is 110 cm³/mol. The van der Waals surface area contributed by atoms with Crippen molar-refractivity contribution in [3.63, 3.8) is 0 Å². The van der Waals surface area contributed by atoms with Gasteiger partial charge in [0.2, 0.25) is 9.70 Å². The Hall–Kier alpha value is -1.94. The van der Waals surface area contributed by atoms with Crippen LogP contribution in [-0.4, -0.2) is 60.7 Å². The molecule has 3 rings (SSSR count). The van der Waals surface area contributed by atoms with Crippen LogP contribution in [0.25, 0.3) is 0 Å². The molecule has 2 amide bonds. The second-order valence-electron chi connectivity index (χ2n) is 6.51. The number of rotatable bonds is 6. The first-order valence-corrected chi connectivity index (χ1v) is 11.1. The Bertz CT molecular complexity index is 947. The van der Waals surface area contributed by atoms with Gasteiger partial charge in [0.15, 0.2) is 0 Å². The summed E-state index contributed by atoms with van der Waals surface area (Å²) in [7, 11) is -1.71. The lowest BCUT2D eigenvalue weighted by Gasteiger charge is -2.48. The zero-order valence-electron chi connectivity index (χ0n) is 15.2. The van der Waals surface area contributed by atoms with Gasteiger partial charge in [-0.15, -0.1) is 0 Å². The van der Waals surface area contributed by atoms with Gasteiger partial charge in [-0.1, -0.05) is 65.1 Å². The van der Waals surface area contributed by atoms with Crippen molar-refractivity contribution in [2.24, 2.45) is 0 Å². The maximum atomic E-state index is 12.6. The van der Waals surface area contributed by atoms with Crippen LogP contribution in [0.3, 0.4) is 0 Å². The van der Waals surface area contributed by atoms with Crippen molar-refractivity contribution in [2.45, 2.75) is 21.6 Å². The lowest BCUT2D eigenvalue weighted by Crippen LogP contribution is -2.73. The molecule has 3 atom stereocenters. The third-order valence-corrected chi connectivity index (χ3v) is 6.33. The normalized spacial score (nSPS) is 23.4. The quantitative estimate of drug-likeness (QED) is 0.274. The summed E-state index contributed by atoms with van der Waals surface area (Å²) in [4.78, 5) is 49.7. The molecule has 8 nitrogen and oxygen atoms in total. The summed E-state index contributed by atoms with van der Waals surface area (Å²) >= 11 is 16.7. The number of nitrogens with zero attached hydrogens (tertiary/aromatic N) is 1. The molecular formula is C18H15Cl3N2O6S. The highest BCUT2D eigenvalue weighted by atomic mass is 35.6. The standard InChI is InChI=1S/C18H15Cl3N2O6S/c19-18(20,21)9-29-17(27)14-11(7-24)8-30(28)16-13(15(26)23(14)16)22-12(25)6-10-4-2-1-3-5-10/h1-5,7,13,16H,6,8-9H2,(H,22,25)/t13?,16-,30?/m1/s1. The number of hydrogen-bond acceptors (Lipinski definition) is 6. The number of aldehydes is 1. The van der Waals surface area contributed by atoms with Gasteiger partial charge in [-0.3, -0.25) is 23.5 Å². The highest BCUT2D eigenvalue weighted by molar-refractivity contribution is 7.86. The van der Waals surface area contributed by atoms with E-state index in [0.29, 0.717) is 6.29 Å². The van der Waals surface area contributed by atoms with E-state index < -0.39 is 50.4 Å². The number of fused-ring (bicyclic) bond motifs is 1. The maximum Gasteiger partial charge on any atom is 0.355 e. The third kappa shape index (κ3) is 4.85. The molecule has 1 aromatic carbocycles. The van der Waals surface area contributed by atoms with Crippen LogP contribution in [0.15, 0.2) is 41.6 Å². The molecule has 0 radical (unpaired) electrons. The van der Waals surface area contributed by atoms with Crippen LogP contribution in [0.2, 0.25) is 0 Å². The average Bonchev–Trinajstić information content (AvgIpc) is 2.69. The number of nitrogens with one attached hydrogen (secondary N) is 1. The first kappa shape index (κ1) is 22.7. The minimum atomic E-state index is -1.89. The summed E-state index contributed by atoms with van der Waals surface area (Å²) in [6.45, 7) is -0.612. The molecule has 0 bridgehead atoms. The van der Waals surface area contributed by atoms with E-state index in [9.17, 15) is 23.4 Å². The van der Waals surface area contributed by atoms with Crippen LogP contribution in [0.4, 0.5) is 0 Å². The van der Waals surface area contributed by atoms with Gasteiger partial charge in [-0.25, -0.2) is 4.79 Å². The third-order valence-electron chi connectivity index (χ3n) is 4.38. The topological polar surface area (TPSA) is 110 Å². The number of esters is 1. The van der Waals surface area contributed by atoms with Crippen LogP contribution >= 0.6 is 34.8 Å². The minimum Gasteiger partial charge on any atom is -0.456 e. The molecule has 0 saturated carbocycles. The van der Waals surface area contributed by atoms with Crippen molar-refractivity contribution in [1.82, 2.24) is 10.2 Å². The van der Waals surface area contributed by atoms with Crippen molar-refractivity contribution in [2.75, 3.05) is 12.4 Å². The molecule has 2 aliphatic heterocycles. The number of β-lactam (4-membered cyclic amide) rings is 1. The van der Waals surface area contributed by atoms with Gasteiger partial charge in [-0.2, -0.15) is 0 Å². The lowest BCUT2D eigenvalue weighted by atomic mass is 10.0. The summed E-state index contributed by atoms with van der Waals surface area (Å²) in [6.07, 6.45) is 0.353. The zero-order chi connectivity index (χ0) is 22.1. The molecule has 2 unspecified atom stereocenters. The smallest absolute Gasteiger partial charge is 0.355 e. The predicted octanol–water partition coefficient (Wildman–Crippen LogP) is 1.01. The second kappa shape index (κ2) is 9.05. The van der Waals surface area contributed by atoms with Crippen molar-refractivity contribution < 1.29 is 28.1 Å². The van der Waals surface area contributed by atoms with Crippen molar-refractivity contribution in [3.8, 4) is 0 Å². The largest absolute Gasteiger partial charge is 0.456 e. The van der Waals surface area contributed by atoms with E-state index in [1.165, 1.54) is 0 Å². The van der Waals surface area contributed by atoms with Crippen LogP contribution in [-0.2, 0) is 41.1 Å². The Labute approximate surface area is 188 Å². The molecule has 1 fully saturated rings. The van der Waals surface area contributed by atoms with E-state index in [1.807, 2.05) is 0 Å². The zero-order valence-corrected chi connectivity index (χ0v) is 18.3. The average molecular weight is 494 g/mol. The highest BCUT2D eigenvalue weighted by Crippen LogP contribution is 2.35. The molecule has 0 aliphatic carbocycles. The fourth-order valence-corrected chi connectivity index (χ4v) is 4.88. The minimum absolute atomic E-state index is 0.0253. The summed E-state index contributed by atoms with van der Waals surface area (Å²) in [5, 5.41) is 1.54. The van der Waals surface area contributed by atoms with Gasteiger partial charge in [0.1, 0.15) is 30.0 Å². The fourth-order valence-electron chi connectivity index (χ4n) is 3.11. The number of carbonyl (C=O) groups is 4. The van der Waals surface area contributed by atoms with Crippen molar-refractivity contribution >= 4 is 69.7 Å². The fraction of sp³-hybridized carbons (Fsp3) is 0.333. The number of hydrogen-bond donors (Lipinski definition) is 1. The van der Waals surface area contributed by atoms with Gasteiger partial charge < -0.3 is 10.1 Å². The molecular weight excluding hydrogens is 479 g/mol. The number of amides is 2. The van der Waals surface area contributed by atoms with Gasteiger partial charge in [0.25, 0.3) is 5.91 Å². The van der Waals surface area contributed by atoms with E-state index in [4.69, 9.17) is 39.5 Å². The lowest BCUT2D eigenvalue weighted by molar-refractivity contribution is -0.153. The van der Waals surface area contributed by atoms with Crippen LogP contribution in [0.5, 0.6) is 0 Å². The molecule has 1 aromatic rings. The van der Waals surface area contributed by atoms with Crippen molar-refractivity contribution in [1.29, 1.82) is 0 Å². The Kier molecular flexibility index (Phi) is 6.86. The van der Waals surface area contributed by atoms with Gasteiger partial charge >= 0.3 is 5.97 Å². The first-order chi connectivity index (χ1) is 14.1. The van der Waals surface area contributed by atoms with E-state index >= 15 is 0 Å². The molecule has 1 saturated heterocycles. The molecule has 12 heteroatoms. The monoisotopic (exact) mass is 492 g/mol. The molecule has 0 aromatic heterocycles. The van der Waals surface area contributed by atoms with E-state index in [1.54, 1.807) is 30.3 Å². The number of benzene rings is 1. The van der Waals surface area contributed by atoms with E-state index in [2.05, 4.69) is 5.32 Å². The Morgan fingerprint density at radius 1 is 1.27 bits per heavy atom. The Morgan fingerprint density at radius 2 is 1.93 bits per heavy atom. The first-order valence-electron chi connectivity index (χ1n) is 8.58. The van der Waals surface area contributed by atoms with Crippen LogP contribution in [0, 0.1) is 0 Å². The van der Waals surface area contributed by atoms with E-state index in [0.717, 1.165) is 10.5 Å². The Morgan fingerprint density at radius 3 is 2.53 bits per heavy atom. The maximum absolute atomic E-state index is 12.6. The van der Waals surface area contributed by atoms with Gasteiger partial charge in [-0.05, 0) is 5.56 Å². The number of alkyl halides is 3. The molecule has 30 heavy (non-hydrogen) atoms. The summed E-state index contributed by atoms with van der Waals surface area (Å²) < 4.78 is 15.6. The van der Waals surface area contributed by atoms with E-state index in [-0.39, 0.29) is 23.4 Å². The van der Waals surface area contributed by atoms with Gasteiger partial charge in [0, 0.05) is 5.57 Å². The SMILES string of the molecule is O=CC1=C(C(=O)OCC(Cl)(Cl)Cl)N2C(=O)C(NC(=O)Cc3ccccc3)[C@H]2S(=O)C1. The van der Waals surface area contributed by atoms with Crippen molar-refractivity contribution in [3.05, 3.63) is 47.2 Å². The second-order valence-corrected chi connectivity index (χ2v) is 10.6. The molecule has 2 aliphatic rings. The summed E-state index contributed by atoms with van der Waals surface area (Å²) in [5.74, 6) is -2.47. The van der Waals surface area contributed by atoms with Gasteiger partial charge in [0.05, 0.1) is 23.0 Å². The number of halogens is 3. The summed E-state index contributed by atoms with van der Waals surface area (Å²) in [5.41, 5.74) is 0.214. The molecule has 1 N–H and O–H groups in total. The van der Waals surface area contributed by atoms with Crippen LogP contribution < -0.4 is 5.32 Å². The van der Waals surface area contributed by atoms with Crippen LogP contribution in [0.1, 0.15) is 5.56 Å². The summed E-state index contributed by atoms with van der Waals surface area (Å²) in [6, 6.07) is 7.77. The molecule has 160 valence electrons. The number of carbonyl (C=O) groups excluding carboxylic acids is 4. The number of ether oxygens (including phenoxy) is 1. The Balaban J connectivity index is 1.75. The highest BCUT2D eigenvalue weighted by Gasteiger charge is 2.57. The molecule has 0 spiro atoms. The molecule has 2 heterocycles.